The van der Waals surface area contributed by atoms with Crippen molar-refractivity contribution < 1.29 is 5.11 Å². The molecule has 2 heterocycles. The highest BCUT2D eigenvalue weighted by Gasteiger charge is 2.19. The third kappa shape index (κ3) is 3.68. The van der Waals surface area contributed by atoms with Crippen molar-refractivity contribution in [1.29, 1.82) is 0 Å². The summed E-state index contributed by atoms with van der Waals surface area (Å²) >= 11 is 0. The Bertz CT molecular complexity index is 1630. The number of imidazole rings is 1. The van der Waals surface area contributed by atoms with Crippen LogP contribution in [0.1, 0.15) is 5.56 Å². The van der Waals surface area contributed by atoms with Gasteiger partial charge in [0.2, 0.25) is 5.95 Å². The van der Waals surface area contributed by atoms with Crippen LogP contribution < -0.4 is 16.6 Å². The molecule has 0 bridgehead atoms. The fraction of sp³-hybridized carbons (Fsp3) is 0.192. The number of hydrogen-bond donors (Lipinski definition) is 2. The van der Waals surface area contributed by atoms with E-state index >= 15 is 0 Å². The number of rotatable bonds is 6. The predicted octanol–water partition coefficient (Wildman–Crippen LogP) is 2.71. The summed E-state index contributed by atoms with van der Waals surface area (Å²) in [7, 11) is 3.05. The Morgan fingerprint density at radius 1 is 0.882 bits per heavy atom. The number of aliphatic hydroxyl groups excluding tert-OH is 1. The van der Waals surface area contributed by atoms with E-state index in [9.17, 15) is 14.7 Å². The highest BCUT2D eigenvalue weighted by Crippen LogP contribution is 2.25. The van der Waals surface area contributed by atoms with Crippen molar-refractivity contribution >= 4 is 27.9 Å². The fourth-order valence-electron chi connectivity index (χ4n) is 4.26. The van der Waals surface area contributed by atoms with Crippen molar-refractivity contribution in [3.63, 3.8) is 0 Å². The van der Waals surface area contributed by atoms with Gasteiger partial charge in [-0.2, -0.15) is 4.98 Å². The predicted molar refractivity (Wildman–Crippen MR) is 134 cm³/mol. The zero-order chi connectivity index (χ0) is 23.8. The first-order chi connectivity index (χ1) is 16.5. The molecule has 0 aliphatic heterocycles. The third-order valence-electron chi connectivity index (χ3n) is 6.12. The van der Waals surface area contributed by atoms with Gasteiger partial charge in [0.05, 0.1) is 13.2 Å². The standard InChI is InChI=1S/C26H25N5O3/c1-29-23-22(24(33)30(2)26(29)34)31(25(28-23)27-13-14-32)16-17-7-9-19(10-8-17)21-12-11-18-5-3-4-6-20(18)15-21/h3-12,15,32H,13-14,16H2,1-2H3,(H,27,28). The number of hydrogen-bond acceptors (Lipinski definition) is 5. The van der Waals surface area contributed by atoms with E-state index in [1.807, 2.05) is 24.3 Å². The van der Waals surface area contributed by atoms with Crippen LogP contribution in [0, 0.1) is 0 Å². The highest BCUT2D eigenvalue weighted by atomic mass is 16.3. The Morgan fingerprint density at radius 2 is 1.59 bits per heavy atom. The van der Waals surface area contributed by atoms with Crippen LogP contribution in [0.5, 0.6) is 0 Å². The molecule has 2 N–H and O–H groups in total. The van der Waals surface area contributed by atoms with Crippen LogP contribution in [-0.2, 0) is 20.6 Å². The van der Waals surface area contributed by atoms with Gasteiger partial charge in [0.15, 0.2) is 11.2 Å². The van der Waals surface area contributed by atoms with Crippen LogP contribution in [0.4, 0.5) is 5.95 Å². The fourth-order valence-corrected chi connectivity index (χ4v) is 4.26. The molecule has 0 unspecified atom stereocenters. The molecule has 0 saturated heterocycles. The number of benzene rings is 3. The first-order valence-electron chi connectivity index (χ1n) is 11.1. The van der Waals surface area contributed by atoms with Crippen LogP contribution in [0.3, 0.4) is 0 Å². The van der Waals surface area contributed by atoms with Crippen molar-refractivity contribution in [3.8, 4) is 11.1 Å². The second-order valence-corrected chi connectivity index (χ2v) is 8.31. The van der Waals surface area contributed by atoms with Crippen LogP contribution >= 0.6 is 0 Å². The molecule has 2 aromatic heterocycles. The molecule has 5 rings (SSSR count). The van der Waals surface area contributed by atoms with Gasteiger partial charge in [-0.05, 0) is 33.5 Å². The second-order valence-electron chi connectivity index (χ2n) is 8.31. The van der Waals surface area contributed by atoms with Gasteiger partial charge in [-0.3, -0.25) is 18.5 Å². The Labute approximate surface area is 195 Å². The molecule has 0 atom stereocenters. The van der Waals surface area contributed by atoms with Crippen molar-refractivity contribution in [2.45, 2.75) is 6.54 Å². The molecule has 172 valence electrons. The molecule has 0 aliphatic carbocycles. The second kappa shape index (κ2) is 8.64. The Morgan fingerprint density at radius 3 is 2.32 bits per heavy atom. The van der Waals surface area contributed by atoms with Gasteiger partial charge in [0, 0.05) is 20.6 Å². The van der Waals surface area contributed by atoms with E-state index < -0.39 is 11.2 Å². The Hall–Kier alpha value is -4.17. The lowest BCUT2D eigenvalue weighted by Gasteiger charge is -2.11. The molecule has 0 aliphatic rings. The van der Waals surface area contributed by atoms with Gasteiger partial charge in [-0.25, -0.2) is 4.79 Å². The number of anilines is 1. The summed E-state index contributed by atoms with van der Waals surface area (Å²) in [6, 6.07) is 22.9. The van der Waals surface area contributed by atoms with E-state index in [4.69, 9.17) is 0 Å². The maximum absolute atomic E-state index is 13.0. The minimum absolute atomic E-state index is 0.0827. The van der Waals surface area contributed by atoms with Crippen molar-refractivity contribution in [1.82, 2.24) is 18.7 Å². The summed E-state index contributed by atoms with van der Waals surface area (Å²) in [4.78, 5) is 29.8. The first-order valence-corrected chi connectivity index (χ1v) is 11.1. The quantitative estimate of drug-likeness (QED) is 0.411. The number of aryl methyl sites for hydroxylation is 1. The summed E-state index contributed by atoms with van der Waals surface area (Å²) in [6.07, 6.45) is 0. The lowest BCUT2D eigenvalue weighted by Crippen LogP contribution is -2.37. The number of nitrogens with one attached hydrogen (secondary N) is 1. The van der Waals surface area contributed by atoms with Crippen LogP contribution in [-0.4, -0.2) is 36.9 Å². The first kappa shape index (κ1) is 21.7. The summed E-state index contributed by atoms with van der Waals surface area (Å²) in [5.74, 6) is 0.431. The molecule has 34 heavy (non-hydrogen) atoms. The van der Waals surface area contributed by atoms with E-state index in [1.54, 1.807) is 11.6 Å². The van der Waals surface area contributed by atoms with Crippen LogP contribution in [0.25, 0.3) is 33.1 Å². The maximum Gasteiger partial charge on any atom is 0.332 e. The lowest BCUT2D eigenvalue weighted by atomic mass is 10.0. The lowest BCUT2D eigenvalue weighted by molar-refractivity contribution is 0.310. The van der Waals surface area contributed by atoms with E-state index in [1.165, 1.54) is 22.4 Å². The summed E-state index contributed by atoms with van der Waals surface area (Å²) in [6.45, 7) is 0.578. The van der Waals surface area contributed by atoms with Gasteiger partial charge in [0.1, 0.15) is 0 Å². The minimum Gasteiger partial charge on any atom is -0.395 e. The molecular weight excluding hydrogens is 430 g/mol. The molecule has 0 fully saturated rings. The van der Waals surface area contributed by atoms with Gasteiger partial charge in [-0.15, -0.1) is 0 Å². The van der Waals surface area contributed by atoms with Crippen molar-refractivity contribution in [2.24, 2.45) is 14.1 Å². The van der Waals surface area contributed by atoms with Gasteiger partial charge < -0.3 is 10.4 Å². The summed E-state index contributed by atoms with van der Waals surface area (Å²) < 4.78 is 4.21. The van der Waals surface area contributed by atoms with Crippen LogP contribution in [0.15, 0.2) is 76.3 Å². The SMILES string of the molecule is Cn1c(=O)c2c(nc(NCCO)n2Cc2ccc(-c3ccc4ccccc4c3)cc2)n(C)c1=O. The zero-order valence-electron chi connectivity index (χ0n) is 19.0. The monoisotopic (exact) mass is 455 g/mol. The molecule has 8 nitrogen and oxygen atoms in total. The Balaban J connectivity index is 1.54. The number of aliphatic hydroxyl groups is 1. The van der Waals surface area contributed by atoms with E-state index in [-0.39, 0.29) is 13.2 Å². The molecule has 0 amide bonds. The largest absolute Gasteiger partial charge is 0.395 e. The number of nitrogens with zero attached hydrogens (tertiary/aromatic N) is 4. The molecular formula is C26H25N5O3. The highest BCUT2D eigenvalue weighted by molar-refractivity contribution is 5.87. The van der Waals surface area contributed by atoms with Gasteiger partial charge in [-0.1, -0.05) is 60.7 Å². The maximum atomic E-state index is 13.0. The number of fused-ring (bicyclic) bond motifs is 2. The van der Waals surface area contributed by atoms with Gasteiger partial charge >= 0.3 is 5.69 Å². The summed E-state index contributed by atoms with van der Waals surface area (Å²) in [5.41, 5.74) is 3.01. The molecule has 8 heteroatoms. The van der Waals surface area contributed by atoms with E-state index in [0.29, 0.717) is 23.7 Å². The zero-order valence-corrected chi connectivity index (χ0v) is 19.0. The third-order valence-corrected chi connectivity index (χ3v) is 6.12. The normalized spacial score (nSPS) is 11.4. The average Bonchev–Trinajstić information content (AvgIpc) is 3.23. The molecule has 5 aromatic rings. The summed E-state index contributed by atoms with van der Waals surface area (Å²) in [5, 5.41) is 14.7. The number of aromatic nitrogens is 4. The van der Waals surface area contributed by atoms with Crippen LogP contribution in [0.2, 0.25) is 0 Å². The van der Waals surface area contributed by atoms with E-state index in [2.05, 4.69) is 52.8 Å². The topological polar surface area (TPSA) is 94.1 Å². The smallest absolute Gasteiger partial charge is 0.332 e. The van der Waals surface area contributed by atoms with E-state index in [0.717, 1.165) is 21.3 Å². The molecule has 0 spiro atoms. The Kier molecular flexibility index (Phi) is 5.51. The van der Waals surface area contributed by atoms with Gasteiger partial charge in [0.25, 0.3) is 5.56 Å². The van der Waals surface area contributed by atoms with Crippen molar-refractivity contribution in [2.75, 3.05) is 18.5 Å². The van der Waals surface area contributed by atoms with Crippen molar-refractivity contribution in [3.05, 3.63) is 93.1 Å². The molecule has 0 radical (unpaired) electrons. The molecule has 3 aromatic carbocycles. The average molecular weight is 456 g/mol. The minimum atomic E-state index is -0.435. The molecule has 0 saturated carbocycles.